The second-order valence-corrected chi connectivity index (χ2v) is 6.86. The van der Waals surface area contributed by atoms with Crippen molar-refractivity contribution in [3.63, 3.8) is 0 Å². The van der Waals surface area contributed by atoms with Gasteiger partial charge in [0.15, 0.2) is 5.96 Å². The molecule has 1 unspecified atom stereocenters. The third kappa shape index (κ3) is 6.66. The van der Waals surface area contributed by atoms with Crippen molar-refractivity contribution >= 4 is 29.9 Å². The van der Waals surface area contributed by atoms with Crippen LogP contribution in [0.4, 0.5) is 0 Å². The lowest BCUT2D eigenvalue weighted by Crippen LogP contribution is -2.53. The molecule has 0 aliphatic carbocycles. The van der Waals surface area contributed by atoms with Gasteiger partial charge in [0.1, 0.15) is 17.6 Å². The highest BCUT2D eigenvalue weighted by molar-refractivity contribution is 14.0. The van der Waals surface area contributed by atoms with Crippen molar-refractivity contribution in [2.75, 3.05) is 39.8 Å². The van der Waals surface area contributed by atoms with Crippen LogP contribution in [0.5, 0.6) is 5.75 Å². The number of para-hydroxylation sites is 1. The van der Waals surface area contributed by atoms with Gasteiger partial charge in [0.05, 0.1) is 12.2 Å². The van der Waals surface area contributed by atoms with Gasteiger partial charge >= 0.3 is 0 Å². The minimum atomic E-state index is 0. The van der Waals surface area contributed by atoms with E-state index in [0.717, 1.165) is 55.9 Å². The highest BCUT2D eigenvalue weighted by Gasteiger charge is 2.20. The fraction of sp³-hybridized carbons (Fsp3) is 0.500. The lowest BCUT2D eigenvalue weighted by molar-refractivity contribution is 0.167. The van der Waals surface area contributed by atoms with E-state index in [1.807, 2.05) is 50.4 Å². The number of benzene rings is 1. The number of aryl methyl sites for hydroxylation is 1. The molecule has 1 aliphatic heterocycles. The number of aromatic nitrogens is 1. The van der Waals surface area contributed by atoms with Crippen molar-refractivity contribution < 1.29 is 9.26 Å². The molecule has 1 atom stereocenters. The molecule has 1 saturated heterocycles. The molecule has 0 bridgehead atoms. The molecule has 0 saturated carbocycles. The molecule has 28 heavy (non-hydrogen) atoms. The maximum Gasteiger partial charge on any atom is 0.193 e. The number of hydrogen-bond acceptors (Lipinski definition) is 5. The fourth-order valence-corrected chi connectivity index (χ4v) is 3.18. The first-order valence-electron chi connectivity index (χ1n) is 9.46. The zero-order valence-electron chi connectivity index (χ0n) is 16.8. The van der Waals surface area contributed by atoms with Crippen molar-refractivity contribution in [2.24, 2.45) is 4.99 Å². The first kappa shape index (κ1) is 22.5. The number of nitrogens with zero attached hydrogens (tertiary/aromatic N) is 4. The van der Waals surface area contributed by atoms with Gasteiger partial charge in [-0.05, 0) is 26.0 Å². The molecule has 1 aromatic carbocycles. The zero-order chi connectivity index (χ0) is 19.1. The molecule has 0 amide bonds. The molecule has 0 spiro atoms. The summed E-state index contributed by atoms with van der Waals surface area (Å²) in [6, 6.07) is 11.9. The van der Waals surface area contributed by atoms with Gasteiger partial charge in [0, 0.05) is 45.8 Å². The number of piperazine rings is 1. The van der Waals surface area contributed by atoms with Crippen LogP contribution in [0.15, 0.2) is 45.9 Å². The van der Waals surface area contributed by atoms with E-state index in [9.17, 15) is 0 Å². The van der Waals surface area contributed by atoms with Crippen LogP contribution in [0.2, 0.25) is 0 Å². The summed E-state index contributed by atoms with van der Waals surface area (Å²) in [5.74, 6) is 2.68. The Morgan fingerprint density at radius 3 is 2.57 bits per heavy atom. The Labute approximate surface area is 184 Å². The zero-order valence-corrected chi connectivity index (χ0v) is 19.1. The van der Waals surface area contributed by atoms with Gasteiger partial charge in [-0.3, -0.25) is 9.89 Å². The summed E-state index contributed by atoms with van der Waals surface area (Å²) >= 11 is 0. The van der Waals surface area contributed by atoms with Crippen LogP contribution in [-0.2, 0) is 6.54 Å². The van der Waals surface area contributed by atoms with Crippen molar-refractivity contribution in [3.05, 3.63) is 47.9 Å². The summed E-state index contributed by atoms with van der Waals surface area (Å²) < 4.78 is 11.1. The number of nitrogens with one attached hydrogen (secondary N) is 1. The number of ether oxygens (including phenoxy) is 1. The Kier molecular flexibility index (Phi) is 9.04. The van der Waals surface area contributed by atoms with E-state index in [0.29, 0.717) is 6.54 Å². The molecule has 1 N–H and O–H groups in total. The van der Waals surface area contributed by atoms with Crippen LogP contribution in [-0.4, -0.2) is 66.8 Å². The summed E-state index contributed by atoms with van der Waals surface area (Å²) in [5, 5.41) is 7.52. The minimum absolute atomic E-state index is 0. The van der Waals surface area contributed by atoms with Gasteiger partial charge in [0.2, 0.25) is 0 Å². The third-order valence-electron chi connectivity index (χ3n) is 4.57. The predicted octanol–water partition coefficient (Wildman–Crippen LogP) is 2.76. The molecule has 1 aliphatic rings. The van der Waals surface area contributed by atoms with Crippen LogP contribution in [0.3, 0.4) is 0 Å². The smallest absolute Gasteiger partial charge is 0.193 e. The maximum atomic E-state index is 5.92. The minimum Gasteiger partial charge on any atom is -0.489 e. The van der Waals surface area contributed by atoms with Crippen molar-refractivity contribution in [3.8, 4) is 5.75 Å². The third-order valence-corrected chi connectivity index (χ3v) is 4.57. The van der Waals surface area contributed by atoms with Crippen LogP contribution in [0.25, 0.3) is 0 Å². The maximum absolute atomic E-state index is 5.92. The van der Waals surface area contributed by atoms with Gasteiger partial charge in [0.25, 0.3) is 0 Å². The topological polar surface area (TPSA) is 66.1 Å². The van der Waals surface area contributed by atoms with Gasteiger partial charge in [-0.25, -0.2) is 0 Å². The molecule has 8 heteroatoms. The molecule has 3 rings (SSSR count). The summed E-state index contributed by atoms with van der Waals surface area (Å²) in [6.07, 6.45) is 0.0563. The van der Waals surface area contributed by atoms with Gasteiger partial charge in [-0.1, -0.05) is 23.4 Å². The fourth-order valence-electron chi connectivity index (χ4n) is 3.18. The average Bonchev–Trinajstić information content (AvgIpc) is 3.09. The van der Waals surface area contributed by atoms with Crippen LogP contribution < -0.4 is 10.1 Å². The highest BCUT2D eigenvalue weighted by Crippen LogP contribution is 2.11. The quantitative estimate of drug-likeness (QED) is 0.375. The number of rotatable bonds is 6. The van der Waals surface area contributed by atoms with Gasteiger partial charge in [-0.15, -0.1) is 24.0 Å². The Balaban J connectivity index is 0.00000280. The highest BCUT2D eigenvalue weighted by atomic mass is 127. The molecular weight excluding hydrogens is 469 g/mol. The Morgan fingerprint density at radius 2 is 1.96 bits per heavy atom. The van der Waals surface area contributed by atoms with E-state index in [1.165, 1.54) is 0 Å². The lowest BCUT2D eigenvalue weighted by atomic mass is 10.3. The van der Waals surface area contributed by atoms with E-state index in [1.54, 1.807) is 0 Å². The number of aliphatic imine (C=N–C) groups is 1. The molecule has 2 aromatic rings. The normalized spacial score (nSPS) is 16.4. The van der Waals surface area contributed by atoms with E-state index in [4.69, 9.17) is 9.26 Å². The molecule has 1 aromatic heterocycles. The molecular formula is C20H30IN5O2. The largest absolute Gasteiger partial charge is 0.489 e. The number of hydrogen-bond donors (Lipinski definition) is 1. The van der Waals surface area contributed by atoms with Crippen molar-refractivity contribution in [2.45, 2.75) is 26.5 Å². The molecule has 0 radical (unpaired) electrons. The van der Waals surface area contributed by atoms with Crippen LogP contribution >= 0.6 is 24.0 Å². The molecule has 1 fully saturated rings. The summed E-state index contributed by atoms with van der Waals surface area (Å²) in [5.41, 5.74) is 0.996. The number of halogens is 1. The average molecular weight is 499 g/mol. The summed E-state index contributed by atoms with van der Waals surface area (Å²) in [7, 11) is 1.83. The Morgan fingerprint density at radius 1 is 1.25 bits per heavy atom. The first-order valence-corrected chi connectivity index (χ1v) is 9.46. The first-order chi connectivity index (χ1) is 13.1. The molecule has 2 heterocycles. The van der Waals surface area contributed by atoms with Crippen molar-refractivity contribution in [1.82, 2.24) is 20.3 Å². The van der Waals surface area contributed by atoms with E-state index < -0.39 is 0 Å². The summed E-state index contributed by atoms with van der Waals surface area (Å²) in [6.45, 7) is 9.34. The van der Waals surface area contributed by atoms with E-state index in [2.05, 4.69) is 32.2 Å². The molecule has 154 valence electrons. The Bertz CT molecular complexity index is 729. The van der Waals surface area contributed by atoms with Crippen LogP contribution in [0, 0.1) is 6.92 Å². The second kappa shape index (κ2) is 11.3. The van der Waals surface area contributed by atoms with Crippen molar-refractivity contribution in [1.29, 1.82) is 0 Å². The second-order valence-electron chi connectivity index (χ2n) is 6.86. The van der Waals surface area contributed by atoms with Gasteiger partial charge in [-0.2, -0.15) is 0 Å². The Hall–Kier alpha value is -1.81. The SMILES string of the molecule is CN=C(NCC(C)Oc1ccccc1)N1CCN(Cc2cc(C)on2)CC1.I. The van der Waals surface area contributed by atoms with E-state index >= 15 is 0 Å². The summed E-state index contributed by atoms with van der Waals surface area (Å²) in [4.78, 5) is 9.12. The van der Waals surface area contributed by atoms with Crippen LogP contribution in [0.1, 0.15) is 18.4 Å². The predicted molar refractivity (Wildman–Crippen MR) is 121 cm³/mol. The monoisotopic (exact) mass is 499 g/mol. The standard InChI is InChI=1S/C20H29N5O2.HI/c1-16-13-18(23-27-16)15-24-9-11-25(12-10-24)20(21-3)22-14-17(2)26-19-7-5-4-6-8-19;/h4-8,13,17H,9-12,14-15H2,1-3H3,(H,21,22);1H. The van der Waals surface area contributed by atoms with Gasteiger partial charge < -0.3 is 19.5 Å². The van der Waals surface area contributed by atoms with E-state index in [-0.39, 0.29) is 30.1 Å². The lowest BCUT2D eigenvalue weighted by Gasteiger charge is -2.36. The molecule has 7 nitrogen and oxygen atoms in total. The number of guanidine groups is 1.